The Labute approximate surface area is 72.4 Å². The van der Waals surface area contributed by atoms with Crippen LogP contribution in [-0.4, -0.2) is 17.8 Å². The second-order valence-electron chi connectivity index (χ2n) is 2.27. The van der Waals surface area contributed by atoms with Crippen LogP contribution in [-0.2, 0) is 0 Å². The third kappa shape index (κ3) is 2.61. The molecule has 0 aromatic heterocycles. The molecular formula is C8H10NO2P. The van der Waals surface area contributed by atoms with Crippen LogP contribution >= 0.6 is 8.38 Å². The van der Waals surface area contributed by atoms with Crippen LogP contribution in [0.1, 0.15) is 5.56 Å². The predicted molar refractivity (Wildman–Crippen MR) is 50.0 cm³/mol. The summed E-state index contributed by atoms with van der Waals surface area (Å²) in [5.41, 5.74) is 0.820. The summed E-state index contributed by atoms with van der Waals surface area (Å²) in [6, 6.07) is 6.99. The first-order valence-electron chi connectivity index (χ1n) is 3.43. The minimum absolute atomic E-state index is 0.636. The summed E-state index contributed by atoms with van der Waals surface area (Å²) in [5.74, 6) is 0.636. The van der Waals surface area contributed by atoms with Gasteiger partial charge in [0.2, 0.25) is 8.38 Å². The molecule has 0 saturated heterocycles. The molecule has 3 nitrogen and oxygen atoms in total. The Hall–Kier alpha value is -0.920. The van der Waals surface area contributed by atoms with Crippen LogP contribution in [0.5, 0.6) is 5.75 Å². The lowest BCUT2D eigenvalue weighted by molar-refractivity contribution is 0.494. The van der Waals surface area contributed by atoms with Crippen molar-refractivity contribution in [3.05, 3.63) is 29.8 Å². The molecule has 0 radical (unpaired) electrons. The van der Waals surface area contributed by atoms with E-state index in [-0.39, 0.29) is 0 Å². The zero-order valence-electron chi connectivity index (χ0n) is 6.69. The number of hydrogen-bond donors (Lipinski definition) is 2. The molecule has 12 heavy (non-hydrogen) atoms. The summed E-state index contributed by atoms with van der Waals surface area (Å²) in [6.45, 7) is 1.61. The highest BCUT2D eigenvalue weighted by atomic mass is 31.2. The van der Waals surface area contributed by atoms with E-state index in [0.29, 0.717) is 5.75 Å². The monoisotopic (exact) mass is 183 g/mol. The maximum absolute atomic E-state index is 8.93. The van der Waals surface area contributed by atoms with Gasteiger partial charge >= 0.3 is 0 Å². The zero-order valence-corrected chi connectivity index (χ0v) is 7.58. The van der Waals surface area contributed by atoms with Crippen molar-refractivity contribution in [2.24, 2.45) is 0 Å². The molecule has 0 spiro atoms. The van der Waals surface area contributed by atoms with Crippen molar-refractivity contribution in [1.29, 1.82) is 5.41 Å². The second-order valence-corrected chi connectivity index (χ2v) is 3.38. The van der Waals surface area contributed by atoms with Gasteiger partial charge in [0.25, 0.3) is 0 Å². The van der Waals surface area contributed by atoms with Crippen LogP contribution in [0, 0.1) is 5.41 Å². The quantitative estimate of drug-likeness (QED) is 0.556. The summed E-state index contributed by atoms with van der Waals surface area (Å²) in [6.07, 6.45) is 1.26. The van der Waals surface area contributed by atoms with Gasteiger partial charge in [-0.15, -0.1) is 0 Å². The SMILES string of the molecule is CP(O)Oc1ccc(C=N)cc1. The molecule has 0 aliphatic heterocycles. The maximum Gasteiger partial charge on any atom is 0.224 e. The normalized spacial score (nSPS) is 12.2. The van der Waals surface area contributed by atoms with E-state index in [1.54, 1.807) is 30.9 Å². The van der Waals surface area contributed by atoms with Gasteiger partial charge in [-0.25, -0.2) is 0 Å². The molecule has 0 saturated carbocycles. The molecule has 64 valence electrons. The minimum Gasteiger partial charge on any atom is -0.448 e. The fourth-order valence-corrected chi connectivity index (χ4v) is 1.20. The van der Waals surface area contributed by atoms with Crippen LogP contribution < -0.4 is 4.52 Å². The van der Waals surface area contributed by atoms with Crippen LogP contribution in [0.25, 0.3) is 0 Å². The Kier molecular flexibility index (Phi) is 3.20. The second kappa shape index (κ2) is 4.19. The molecule has 0 aliphatic rings. The van der Waals surface area contributed by atoms with Crippen molar-refractivity contribution in [1.82, 2.24) is 0 Å². The molecule has 1 aromatic rings. The molecule has 0 amide bonds. The molecule has 0 aliphatic carbocycles. The van der Waals surface area contributed by atoms with Crippen LogP contribution in [0.2, 0.25) is 0 Å². The molecule has 0 fully saturated rings. The van der Waals surface area contributed by atoms with Gasteiger partial charge in [0, 0.05) is 12.9 Å². The van der Waals surface area contributed by atoms with Gasteiger partial charge < -0.3 is 14.8 Å². The van der Waals surface area contributed by atoms with Crippen LogP contribution in [0.15, 0.2) is 24.3 Å². The summed E-state index contributed by atoms with van der Waals surface area (Å²) in [5, 5.41) is 6.94. The van der Waals surface area contributed by atoms with Crippen molar-refractivity contribution >= 4 is 14.6 Å². The van der Waals surface area contributed by atoms with E-state index in [4.69, 9.17) is 14.8 Å². The number of hydrogen-bond acceptors (Lipinski definition) is 3. The molecule has 2 N–H and O–H groups in total. The van der Waals surface area contributed by atoms with E-state index in [1.807, 2.05) is 0 Å². The molecule has 0 heterocycles. The van der Waals surface area contributed by atoms with Crippen molar-refractivity contribution < 1.29 is 9.42 Å². The molecule has 1 rings (SSSR count). The van der Waals surface area contributed by atoms with Crippen molar-refractivity contribution in [2.45, 2.75) is 0 Å². The fourth-order valence-electron chi connectivity index (χ4n) is 0.777. The van der Waals surface area contributed by atoms with Crippen LogP contribution in [0.3, 0.4) is 0 Å². The standard InChI is InChI=1S/C8H10NO2P/c1-12(10)11-8-4-2-7(6-9)3-5-8/h2-6,9-10H,1H3. The average molecular weight is 183 g/mol. The van der Waals surface area contributed by atoms with Crippen LogP contribution in [0.4, 0.5) is 0 Å². The Morgan fingerprint density at radius 3 is 2.42 bits per heavy atom. The molecule has 1 aromatic carbocycles. The van der Waals surface area contributed by atoms with E-state index in [2.05, 4.69) is 0 Å². The lowest BCUT2D eigenvalue weighted by Gasteiger charge is -2.06. The first-order valence-corrected chi connectivity index (χ1v) is 5.09. The Morgan fingerprint density at radius 1 is 1.42 bits per heavy atom. The molecule has 1 atom stereocenters. The van der Waals surface area contributed by atoms with Gasteiger partial charge in [0.05, 0.1) is 0 Å². The zero-order chi connectivity index (χ0) is 8.97. The summed E-state index contributed by atoms with van der Waals surface area (Å²) in [4.78, 5) is 8.93. The minimum atomic E-state index is -1.35. The van der Waals surface area contributed by atoms with E-state index in [0.717, 1.165) is 5.56 Å². The fraction of sp³-hybridized carbons (Fsp3) is 0.125. The van der Waals surface area contributed by atoms with E-state index in [9.17, 15) is 0 Å². The summed E-state index contributed by atoms with van der Waals surface area (Å²) < 4.78 is 5.06. The first kappa shape index (κ1) is 9.17. The number of rotatable bonds is 3. The van der Waals surface area contributed by atoms with Gasteiger partial charge in [-0.1, -0.05) is 0 Å². The molecular weight excluding hydrogens is 173 g/mol. The number of benzene rings is 1. The lowest BCUT2D eigenvalue weighted by atomic mass is 10.2. The highest BCUT2D eigenvalue weighted by molar-refractivity contribution is 7.45. The highest BCUT2D eigenvalue weighted by Crippen LogP contribution is 2.28. The third-order valence-corrected chi connectivity index (χ3v) is 1.76. The molecule has 4 heteroatoms. The smallest absolute Gasteiger partial charge is 0.224 e. The van der Waals surface area contributed by atoms with Gasteiger partial charge in [-0.3, -0.25) is 0 Å². The lowest BCUT2D eigenvalue weighted by Crippen LogP contribution is -1.85. The summed E-state index contributed by atoms with van der Waals surface area (Å²) >= 11 is 0. The van der Waals surface area contributed by atoms with Gasteiger partial charge in [0.15, 0.2) is 0 Å². The largest absolute Gasteiger partial charge is 0.448 e. The Bertz CT molecular complexity index is 258. The topological polar surface area (TPSA) is 53.3 Å². The average Bonchev–Trinajstić information content (AvgIpc) is 2.05. The molecule has 1 unspecified atom stereocenters. The first-order chi connectivity index (χ1) is 5.72. The van der Waals surface area contributed by atoms with Gasteiger partial charge in [0.1, 0.15) is 5.75 Å². The van der Waals surface area contributed by atoms with Gasteiger partial charge in [-0.05, 0) is 29.8 Å². The van der Waals surface area contributed by atoms with Crippen molar-refractivity contribution in [2.75, 3.05) is 6.66 Å². The van der Waals surface area contributed by atoms with E-state index >= 15 is 0 Å². The Balaban J connectivity index is 2.71. The number of nitrogens with one attached hydrogen (secondary N) is 1. The van der Waals surface area contributed by atoms with E-state index < -0.39 is 8.38 Å². The third-order valence-electron chi connectivity index (χ3n) is 1.28. The Morgan fingerprint density at radius 2 is 2.00 bits per heavy atom. The summed E-state index contributed by atoms with van der Waals surface area (Å²) in [7, 11) is -1.35. The van der Waals surface area contributed by atoms with Crippen molar-refractivity contribution in [3.8, 4) is 5.75 Å². The van der Waals surface area contributed by atoms with Crippen molar-refractivity contribution in [3.63, 3.8) is 0 Å². The van der Waals surface area contributed by atoms with Gasteiger partial charge in [-0.2, -0.15) is 0 Å². The van der Waals surface area contributed by atoms with E-state index in [1.165, 1.54) is 6.21 Å². The predicted octanol–water partition coefficient (Wildman–Crippen LogP) is 2.00. The maximum atomic E-state index is 8.93. The molecule has 0 bridgehead atoms. The highest BCUT2D eigenvalue weighted by Gasteiger charge is 1.97.